The maximum absolute atomic E-state index is 11.9. The van der Waals surface area contributed by atoms with E-state index in [9.17, 15) is 9.90 Å². The summed E-state index contributed by atoms with van der Waals surface area (Å²) < 4.78 is 0. The van der Waals surface area contributed by atoms with Gasteiger partial charge in [0.05, 0.1) is 6.10 Å². The average molecular weight is 276 g/mol. The summed E-state index contributed by atoms with van der Waals surface area (Å²) in [4.78, 5) is 11.9. The van der Waals surface area contributed by atoms with Crippen LogP contribution in [0.2, 0.25) is 0 Å². The van der Waals surface area contributed by atoms with Gasteiger partial charge in [-0.2, -0.15) is 0 Å². The Morgan fingerprint density at radius 3 is 2.90 bits per heavy atom. The minimum atomic E-state index is -0.195. The number of rotatable bonds is 4. The molecule has 0 bridgehead atoms. The molecule has 0 radical (unpaired) electrons. The third-order valence-corrected chi connectivity index (χ3v) is 3.95. The highest BCUT2D eigenvalue weighted by Crippen LogP contribution is 2.23. The molecule has 4 nitrogen and oxygen atoms in total. The first kappa shape index (κ1) is 14.9. The highest BCUT2D eigenvalue weighted by Gasteiger charge is 2.20. The minimum absolute atomic E-state index is 0.161. The third-order valence-electron chi connectivity index (χ3n) is 3.95. The van der Waals surface area contributed by atoms with Gasteiger partial charge in [0.15, 0.2) is 0 Å². The number of anilines is 1. The number of nitrogens with one attached hydrogen (secondary N) is 2. The fourth-order valence-corrected chi connectivity index (χ4v) is 2.80. The van der Waals surface area contributed by atoms with Crippen LogP contribution in [0.4, 0.5) is 10.5 Å². The van der Waals surface area contributed by atoms with E-state index in [1.54, 1.807) is 0 Å². The van der Waals surface area contributed by atoms with Gasteiger partial charge in [0.1, 0.15) is 0 Å². The van der Waals surface area contributed by atoms with E-state index in [0.717, 1.165) is 43.4 Å². The monoisotopic (exact) mass is 276 g/mol. The second-order valence-corrected chi connectivity index (χ2v) is 5.53. The summed E-state index contributed by atoms with van der Waals surface area (Å²) in [6.07, 6.45) is 4.53. The Morgan fingerprint density at radius 2 is 2.15 bits per heavy atom. The molecule has 2 rings (SSSR count). The van der Waals surface area contributed by atoms with Gasteiger partial charge >= 0.3 is 6.03 Å². The molecule has 110 valence electrons. The number of benzene rings is 1. The van der Waals surface area contributed by atoms with E-state index in [2.05, 4.69) is 17.6 Å². The molecular formula is C16H24N2O2. The van der Waals surface area contributed by atoms with Crippen LogP contribution in [0.3, 0.4) is 0 Å². The summed E-state index contributed by atoms with van der Waals surface area (Å²) in [5, 5.41) is 15.4. The van der Waals surface area contributed by atoms with Crippen molar-refractivity contribution in [1.29, 1.82) is 0 Å². The Bertz CT molecular complexity index is 448. The quantitative estimate of drug-likeness (QED) is 0.792. The van der Waals surface area contributed by atoms with Crippen LogP contribution in [0.1, 0.15) is 38.2 Å². The molecule has 0 saturated heterocycles. The predicted octanol–water partition coefficient (Wildman–Crippen LogP) is 2.92. The van der Waals surface area contributed by atoms with Crippen molar-refractivity contribution < 1.29 is 9.90 Å². The van der Waals surface area contributed by atoms with Crippen molar-refractivity contribution in [3.05, 3.63) is 29.8 Å². The topological polar surface area (TPSA) is 61.4 Å². The lowest BCUT2D eigenvalue weighted by Gasteiger charge is -2.26. The number of urea groups is 1. The Labute approximate surface area is 120 Å². The highest BCUT2D eigenvalue weighted by molar-refractivity contribution is 5.90. The Hall–Kier alpha value is -1.55. The van der Waals surface area contributed by atoms with Gasteiger partial charge in [-0.05, 0) is 43.2 Å². The summed E-state index contributed by atoms with van der Waals surface area (Å²) >= 11 is 0. The van der Waals surface area contributed by atoms with Gasteiger partial charge < -0.3 is 15.7 Å². The number of aryl methyl sites for hydroxylation is 1. The van der Waals surface area contributed by atoms with Crippen LogP contribution in [0, 0.1) is 5.92 Å². The maximum Gasteiger partial charge on any atom is 0.319 e. The molecule has 2 atom stereocenters. The maximum atomic E-state index is 11.9. The van der Waals surface area contributed by atoms with Crippen LogP contribution in [0.25, 0.3) is 0 Å². The van der Waals surface area contributed by atoms with Crippen LogP contribution in [-0.2, 0) is 6.42 Å². The molecule has 0 aromatic heterocycles. The summed E-state index contributed by atoms with van der Waals surface area (Å²) in [5.41, 5.74) is 2.01. The van der Waals surface area contributed by atoms with E-state index in [0.29, 0.717) is 12.5 Å². The van der Waals surface area contributed by atoms with Crippen molar-refractivity contribution in [3.8, 4) is 0 Å². The van der Waals surface area contributed by atoms with Crippen molar-refractivity contribution in [2.24, 2.45) is 5.92 Å². The zero-order valence-electron chi connectivity index (χ0n) is 12.1. The summed E-state index contributed by atoms with van der Waals surface area (Å²) in [7, 11) is 0. The number of hydrogen-bond acceptors (Lipinski definition) is 2. The van der Waals surface area contributed by atoms with Crippen molar-refractivity contribution in [3.63, 3.8) is 0 Å². The van der Waals surface area contributed by atoms with Crippen molar-refractivity contribution in [1.82, 2.24) is 5.32 Å². The molecule has 2 amide bonds. The lowest BCUT2D eigenvalue weighted by molar-refractivity contribution is 0.101. The van der Waals surface area contributed by atoms with E-state index in [4.69, 9.17) is 0 Å². The number of carbonyl (C=O) groups excluding carboxylic acids is 1. The molecular weight excluding hydrogens is 252 g/mol. The van der Waals surface area contributed by atoms with E-state index in [1.807, 2.05) is 24.3 Å². The van der Waals surface area contributed by atoms with E-state index >= 15 is 0 Å². The van der Waals surface area contributed by atoms with Crippen LogP contribution < -0.4 is 10.6 Å². The third kappa shape index (κ3) is 4.23. The second-order valence-electron chi connectivity index (χ2n) is 5.53. The van der Waals surface area contributed by atoms with Crippen LogP contribution in [-0.4, -0.2) is 23.8 Å². The molecule has 0 spiro atoms. The Kier molecular flexibility index (Phi) is 5.41. The number of aliphatic hydroxyl groups excluding tert-OH is 1. The zero-order chi connectivity index (χ0) is 14.4. The lowest BCUT2D eigenvalue weighted by Crippen LogP contribution is -2.35. The first-order valence-corrected chi connectivity index (χ1v) is 7.50. The fraction of sp³-hybridized carbons (Fsp3) is 0.562. The molecule has 20 heavy (non-hydrogen) atoms. The first-order chi connectivity index (χ1) is 9.69. The van der Waals surface area contributed by atoms with E-state index < -0.39 is 0 Å². The van der Waals surface area contributed by atoms with Crippen molar-refractivity contribution in [2.75, 3.05) is 11.9 Å². The summed E-state index contributed by atoms with van der Waals surface area (Å²) in [6, 6.07) is 7.68. The SMILES string of the molecule is CCc1ccccc1NC(=O)NCC1CCCC(O)C1. The number of carbonyl (C=O) groups is 1. The molecule has 2 unspecified atom stereocenters. The molecule has 0 aliphatic heterocycles. The molecule has 4 heteroatoms. The normalized spacial score (nSPS) is 22.3. The smallest absolute Gasteiger partial charge is 0.319 e. The molecule has 1 saturated carbocycles. The molecule has 1 aromatic rings. The first-order valence-electron chi connectivity index (χ1n) is 7.50. The van der Waals surface area contributed by atoms with Gasteiger partial charge in [0, 0.05) is 12.2 Å². The van der Waals surface area contributed by atoms with Gasteiger partial charge in [-0.1, -0.05) is 31.5 Å². The molecule has 1 aliphatic rings. The van der Waals surface area contributed by atoms with Crippen LogP contribution in [0.15, 0.2) is 24.3 Å². The average Bonchev–Trinajstić information content (AvgIpc) is 2.46. The minimum Gasteiger partial charge on any atom is -0.393 e. The summed E-state index contributed by atoms with van der Waals surface area (Å²) in [5.74, 6) is 0.394. The number of para-hydroxylation sites is 1. The van der Waals surface area contributed by atoms with Gasteiger partial charge in [-0.25, -0.2) is 4.79 Å². The van der Waals surface area contributed by atoms with Gasteiger partial charge in [-0.3, -0.25) is 0 Å². The van der Waals surface area contributed by atoms with Crippen LogP contribution in [0.5, 0.6) is 0 Å². The zero-order valence-corrected chi connectivity index (χ0v) is 12.1. The van der Waals surface area contributed by atoms with Gasteiger partial charge in [-0.15, -0.1) is 0 Å². The van der Waals surface area contributed by atoms with Crippen molar-refractivity contribution >= 4 is 11.7 Å². The number of amides is 2. The van der Waals surface area contributed by atoms with E-state index in [-0.39, 0.29) is 12.1 Å². The lowest BCUT2D eigenvalue weighted by atomic mass is 9.87. The Balaban J connectivity index is 1.80. The van der Waals surface area contributed by atoms with Gasteiger partial charge in [0.25, 0.3) is 0 Å². The Morgan fingerprint density at radius 1 is 1.35 bits per heavy atom. The summed E-state index contributed by atoms with van der Waals surface area (Å²) in [6.45, 7) is 2.71. The van der Waals surface area contributed by atoms with Crippen molar-refractivity contribution in [2.45, 2.75) is 45.1 Å². The molecule has 0 heterocycles. The standard InChI is InChI=1S/C16H24N2O2/c1-2-13-7-3-4-9-15(13)18-16(20)17-11-12-6-5-8-14(19)10-12/h3-4,7,9,12,14,19H,2,5-6,8,10-11H2,1H3,(H2,17,18,20). The molecule has 1 aliphatic carbocycles. The molecule has 3 N–H and O–H groups in total. The largest absolute Gasteiger partial charge is 0.393 e. The van der Waals surface area contributed by atoms with Gasteiger partial charge in [0.2, 0.25) is 0 Å². The molecule has 1 aromatic carbocycles. The number of aliphatic hydroxyl groups is 1. The van der Waals surface area contributed by atoms with E-state index in [1.165, 1.54) is 0 Å². The highest BCUT2D eigenvalue weighted by atomic mass is 16.3. The number of hydrogen-bond donors (Lipinski definition) is 3. The second kappa shape index (κ2) is 7.29. The predicted molar refractivity (Wildman–Crippen MR) is 80.8 cm³/mol. The van der Waals surface area contributed by atoms with Crippen LogP contribution >= 0.6 is 0 Å². The fourth-order valence-electron chi connectivity index (χ4n) is 2.80. The molecule has 1 fully saturated rings.